The number of imidazole rings is 1. The maximum absolute atomic E-state index is 11.5. The second-order valence-electron chi connectivity index (χ2n) is 4.10. The molecule has 98 valence electrons. The van der Waals surface area contributed by atoms with Crippen LogP contribution >= 0.6 is 0 Å². The normalized spacial score (nSPS) is 11.5. The van der Waals surface area contributed by atoms with Crippen LogP contribution in [0.3, 0.4) is 0 Å². The van der Waals surface area contributed by atoms with E-state index in [1.807, 2.05) is 0 Å². The molecule has 0 saturated heterocycles. The van der Waals surface area contributed by atoms with Gasteiger partial charge in [-0.1, -0.05) is 0 Å². The Bertz CT molecular complexity index is 587. The lowest BCUT2D eigenvalue weighted by molar-refractivity contribution is 0.144. The molecule has 8 heteroatoms. The molecule has 0 atom stereocenters. The molecule has 2 rings (SSSR count). The Morgan fingerprint density at radius 2 is 1.94 bits per heavy atom. The fraction of sp³-hybridized carbons (Fsp3) is 0.500. The predicted molar refractivity (Wildman–Crippen MR) is 64.9 cm³/mol. The molecule has 2 aromatic rings. The molecule has 18 heavy (non-hydrogen) atoms. The number of rotatable bonds is 5. The number of aliphatic hydroxyl groups is 2. The topological polar surface area (TPSA) is 141 Å². The quantitative estimate of drug-likeness (QED) is 0.451. The Morgan fingerprint density at radius 1 is 1.22 bits per heavy atom. The number of H-pyrrole nitrogens is 2. The van der Waals surface area contributed by atoms with Gasteiger partial charge >= 0.3 is 0 Å². The summed E-state index contributed by atoms with van der Waals surface area (Å²) >= 11 is 0. The van der Waals surface area contributed by atoms with Crippen molar-refractivity contribution in [1.82, 2.24) is 19.9 Å². The van der Waals surface area contributed by atoms with Crippen LogP contribution in [0.2, 0.25) is 0 Å². The molecule has 0 aliphatic rings. The van der Waals surface area contributed by atoms with Crippen LogP contribution in [0, 0.1) is 5.92 Å². The summed E-state index contributed by atoms with van der Waals surface area (Å²) in [6.07, 6.45) is 1.09. The molecule has 2 aromatic heterocycles. The lowest BCUT2D eigenvalue weighted by Gasteiger charge is -2.08. The van der Waals surface area contributed by atoms with Crippen LogP contribution in [-0.4, -0.2) is 43.4 Å². The van der Waals surface area contributed by atoms with Gasteiger partial charge in [0, 0.05) is 25.6 Å². The molecule has 2 heterocycles. The van der Waals surface area contributed by atoms with Crippen LogP contribution in [0.1, 0.15) is 12.2 Å². The highest BCUT2D eigenvalue weighted by Gasteiger charge is 2.11. The first-order valence-corrected chi connectivity index (χ1v) is 5.60. The summed E-state index contributed by atoms with van der Waals surface area (Å²) in [5.74, 6) is 0.421. The van der Waals surface area contributed by atoms with E-state index in [2.05, 4.69) is 19.9 Å². The summed E-state index contributed by atoms with van der Waals surface area (Å²) in [7, 11) is 0. The van der Waals surface area contributed by atoms with Gasteiger partial charge in [0.15, 0.2) is 11.2 Å². The molecular weight excluding hydrogens is 238 g/mol. The van der Waals surface area contributed by atoms with Crippen molar-refractivity contribution in [2.75, 3.05) is 18.9 Å². The van der Waals surface area contributed by atoms with Crippen molar-refractivity contribution >= 4 is 17.1 Å². The zero-order valence-corrected chi connectivity index (χ0v) is 9.68. The highest BCUT2D eigenvalue weighted by molar-refractivity contribution is 5.70. The molecule has 0 aromatic carbocycles. The van der Waals surface area contributed by atoms with Crippen LogP contribution in [0.25, 0.3) is 11.2 Å². The second-order valence-corrected chi connectivity index (χ2v) is 4.10. The Hall–Kier alpha value is -1.93. The van der Waals surface area contributed by atoms with Gasteiger partial charge in [0.05, 0.1) is 0 Å². The Kier molecular flexibility index (Phi) is 3.58. The molecule has 8 nitrogen and oxygen atoms in total. The second kappa shape index (κ2) is 5.15. The number of fused-ring (bicyclic) bond motifs is 1. The number of nitrogens with zero attached hydrogens (tertiary/aromatic N) is 2. The van der Waals surface area contributed by atoms with E-state index in [9.17, 15) is 4.79 Å². The molecule has 0 unspecified atom stereocenters. The van der Waals surface area contributed by atoms with Crippen molar-refractivity contribution in [2.24, 2.45) is 5.92 Å². The van der Waals surface area contributed by atoms with Crippen LogP contribution in [0.5, 0.6) is 0 Å². The van der Waals surface area contributed by atoms with E-state index in [4.69, 9.17) is 15.9 Å². The third kappa shape index (κ3) is 2.49. The van der Waals surface area contributed by atoms with Gasteiger partial charge < -0.3 is 20.9 Å². The summed E-state index contributed by atoms with van der Waals surface area (Å²) < 4.78 is 0. The van der Waals surface area contributed by atoms with E-state index in [-0.39, 0.29) is 41.8 Å². The van der Waals surface area contributed by atoms with Gasteiger partial charge in [-0.15, -0.1) is 0 Å². The maximum atomic E-state index is 11.5. The van der Waals surface area contributed by atoms with Gasteiger partial charge in [-0.2, -0.15) is 4.98 Å². The van der Waals surface area contributed by atoms with E-state index in [1.165, 1.54) is 0 Å². The Morgan fingerprint density at radius 3 is 2.61 bits per heavy atom. The van der Waals surface area contributed by atoms with Gasteiger partial charge in [-0.25, -0.2) is 4.98 Å². The van der Waals surface area contributed by atoms with E-state index >= 15 is 0 Å². The molecule has 6 N–H and O–H groups in total. The number of aliphatic hydroxyl groups excluding tert-OH is 2. The van der Waals surface area contributed by atoms with E-state index < -0.39 is 0 Å². The largest absolute Gasteiger partial charge is 0.396 e. The number of aromatic nitrogens is 4. The fourth-order valence-corrected chi connectivity index (χ4v) is 1.67. The molecule has 0 spiro atoms. The molecule has 0 aliphatic heterocycles. The molecule has 0 saturated carbocycles. The maximum Gasteiger partial charge on any atom is 0.278 e. The van der Waals surface area contributed by atoms with Crippen molar-refractivity contribution in [2.45, 2.75) is 12.8 Å². The fourth-order valence-electron chi connectivity index (χ4n) is 1.67. The number of anilines is 1. The van der Waals surface area contributed by atoms with Gasteiger partial charge in [0.2, 0.25) is 5.95 Å². The van der Waals surface area contributed by atoms with Crippen LogP contribution in [0.15, 0.2) is 4.79 Å². The van der Waals surface area contributed by atoms with E-state index in [0.717, 1.165) is 0 Å². The molecule has 0 aliphatic carbocycles. The average molecular weight is 253 g/mol. The zero-order valence-electron chi connectivity index (χ0n) is 9.68. The minimum absolute atomic E-state index is 0.0224. The van der Waals surface area contributed by atoms with Gasteiger partial charge in [-0.3, -0.25) is 9.78 Å². The average Bonchev–Trinajstić information content (AvgIpc) is 2.73. The summed E-state index contributed by atoms with van der Waals surface area (Å²) in [5, 5.41) is 17.9. The number of aryl methyl sites for hydroxylation is 1. The van der Waals surface area contributed by atoms with Gasteiger partial charge in [0.25, 0.3) is 5.56 Å². The molecule has 0 radical (unpaired) electrons. The van der Waals surface area contributed by atoms with Gasteiger partial charge in [0.1, 0.15) is 5.82 Å². The Labute approximate surface area is 102 Å². The monoisotopic (exact) mass is 253 g/mol. The third-order valence-electron chi connectivity index (χ3n) is 2.73. The summed E-state index contributed by atoms with van der Waals surface area (Å²) in [5.41, 5.74) is 5.60. The number of hydrogen-bond donors (Lipinski definition) is 5. The first kappa shape index (κ1) is 12.5. The summed E-state index contributed by atoms with van der Waals surface area (Å²) in [6.45, 7) is -0.162. The minimum atomic E-state index is -0.364. The van der Waals surface area contributed by atoms with Crippen LogP contribution in [0.4, 0.5) is 5.95 Å². The standard InChI is InChI=1S/C10H15N5O3/c11-10-14-8-7(9(18)15-10)12-6(13-8)2-1-5(3-16)4-17/h5,16-17H,1-4H2,(H4,11,12,13,14,15,18). The van der Waals surface area contributed by atoms with Gasteiger partial charge in [-0.05, 0) is 6.42 Å². The Balaban J connectivity index is 2.20. The first-order valence-electron chi connectivity index (χ1n) is 5.60. The van der Waals surface area contributed by atoms with Crippen molar-refractivity contribution in [3.8, 4) is 0 Å². The molecule has 0 amide bonds. The predicted octanol–water partition coefficient (Wildman–Crippen LogP) is -1.24. The van der Waals surface area contributed by atoms with Crippen molar-refractivity contribution in [3.63, 3.8) is 0 Å². The van der Waals surface area contributed by atoms with E-state index in [0.29, 0.717) is 18.7 Å². The lowest BCUT2D eigenvalue weighted by Crippen LogP contribution is -2.12. The SMILES string of the molecule is Nc1nc2nc(CCC(CO)CO)[nH]c2c(=O)[nH]1. The van der Waals surface area contributed by atoms with Crippen LogP contribution < -0.4 is 11.3 Å². The third-order valence-corrected chi connectivity index (χ3v) is 2.73. The number of hydrogen-bond acceptors (Lipinski definition) is 6. The smallest absolute Gasteiger partial charge is 0.278 e. The lowest BCUT2D eigenvalue weighted by atomic mass is 10.1. The number of nitrogens with two attached hydrogens (primary N) is 1. The van der Waals surface area contributed by atoms with Crippen molar-refractivity contribution in [3.05, 3.63) is 16.2 Å². The highest BCUT2D eigenvalue weighted by atomic mass is 16.3. The molecule has 0 bridgehead atoms. The van der Waals surface area contributed by atoms with E-state index in [1.54, 1.807) is 0 Å². The zero-order chi connectivity index (χ0) is 13.1. The number of nitrogen functional groups attached to an aromatic ring is 1. The number of nitrogens with one attached hydrogen (secondary N) is 2. The molecule has 0 fully saturated rings. The van der Waals surface area contributed by atoms with Crippen molar-refractivity contribution < 1.29 is 10.2 Å². The number of aromatic amines is 2. The summed E-state index contributed by atoms with van der Waals surface area (Å²) in [4.78, 5) is 24.8. The highest BCUT2D eigenvalue weighted by Crippen LogP contribution is 2.10. The molecular formula is C10H15N5O3. The minimum Gasteiger partial charge on any atom is -0.396 e. The first-order chi connectivity index (χ1) is 8.63. The summed E-state index contributed by atoms with van der Waals surface area (Å²) in [6, 6.07) is 0. The van der Waals surface area contributed by atoms with Crippen LogP contribution in [-0.2, 0) is 6.42 Å². The van der Waals surface area contributed by atoms with Crippen molar-refractivity contribution in [1.29, 1.82) is 0 Å².